The highest BCUT2D eigenvalue weighted by atomic mass is 16.1. The molecule has 2 unspecified atom stereocenters. The maximum absolute atomic E-state index is 13.0. The monoisotopic (exact) mass is 380 g/mol. The molecule has 2 aliphatic carbocycles. The van der Waals surface area contributed by atoms with Crippen molar-refractivity contribution in [2.45, 2.75) is 51.4 Å². The Hall–Kier alpha value is -2.67. The van der Waals surface area contributed by atoms with Crippen molar-refractivity contribution in [3.05, 3.63) is 89.0 Å². The molecule has 0 heterocycles. The van der Waals surface area contributed by atoms with Crippen molar-refractivity contribution in [3.8, 4) is 0 Å². The van der Waals surface area contributed by atoms with Gasteiger partial charge in [0.25, 0.3) is 0 Å². The van der Waals surface area contributed by atoms with Gasteiger partial charge in [-0.2, -0.15) is 0 Å². The van der Waals surface area contributed by atoms with Crippen LogP contribution in [-0.2, 0) is 17.6 Å². The van der Waals surface area contributed by atoms with Gasteiger partial charge in [-0.15, -0.1) is 0 Å². The number of hydrogen-bond donors (Lipinski definition) is 0. The summed E-state index contributed by atoms with van der Waals surface area (Å²) < 4.78 is 0. The van der Waals surface area contributed by atoms with Crippen molar-refractivity contribution in [1.29, 1.82) is 0 Å². The largest absolute Gasteiger partial charge is 0.299 e. The number of benzene rings is 3. The Labute approximate surface area is 173 Å². The van der Waals surface area contributed by atoms with Gasteiger partial charge in [0.05, 0.1) is 0 Å². The van der Waals surface area contributed by atoms with Crippen LogP contribution in [0.2, 0.25) is 0 Å². The standard InChI is InChI=1S/C28H28O/c1-2-6-28(29)27-18-25(23-13-11-20-9-5-10-22(20)15-23)17-26(27)24-14-12-19-7-3-4-8-21(19)16-24/h3-4,7-8,11-16,18,26-27H,2,5-6,9-10,17H2,1H3. The molecule has 0 spiro atoms. The highest BCUT2D eigenvalue weighted by molar-refractivity contribution is 5.89. The van der Waals surface area contributed by atoms with E-state index in [4.69, 9.17) is 0 Å². The molecule has 5 rings (SSSR count). The van der Waals surface area contributed by atoms with E-state index in [2.05, 4.69) is 73.7 Å². The normalized spacial score (nSPS) is 20.7. The lowest BCUT2D eigenvalue weighted by atomic mass is 9.83. The predicted octanol–water partition coefficient (Wildman–Crippen LogP) is 6.88. The molecule has 2 atom stereocenters. The number of carbonyl (C=O) groups is 1. The Balaban J connectivity index is 1.51. The number of rotatable bonds is 5. The van der Waals surface area contributed by atoms with E-state index in [0.717, 1.165) is 12.8 Å². The van der Waals surface area contributed by atoms with E-state index in [9.17, 15) is 4.79 Å². The van der Waals surface area contributed by atoms with E-state index >= 15 is 0 Å². The third-order valence-electron chi connectivity index (χ3n) is 6.79. The summed E-state index contributed by atoms with van der Waals surface area (Å²) in [4.78, 5) is 13.0. The van der Waals surface area contributed by atoms with Crippen molar-refractivity contribution in [2.24, 2.45) is 5.92 Å². The Morgan fingerprint density at radius 3 is 2.62 bits per heavy atom. The number of ketones is 1. The molecule has 0 radical (unpaired) electrons. The fraction of sp³-hybridized carbons (Fsp3) is 0.321. The fourth-order valence-corrected chi connectivity index (χ4v) is 5.24. The van der Waals surface area contributed by atoms with Gasteiger partial charge in [-0.05, 0) is 70.7 Å². The van der Waals surface area contributed by atoms with Gasteiger partial charge in [-0.1, -0.05) is 73.7 Å². The summed E-state index contributed by atoms with van der Waals surface area (Å²) in [5, 5.41) is 2.52. The van der Waals surface area contributed by atoms with Gasteiger partial charge in [0.15, 0.2) is 0 Å². The molecule has 0 N–H and O–H groups in total. The molecule has 0 aromatic heterocycles. The smallest absolute Gasteiger partial charge is 0.140 e. The molecule has 3 aromatic rings. The Morgan fingerprint density at radius 1 is 0.931 bits per heavy atom. The number of carbonyl (C=O) groups excluding carboxylic acids is 1. The second kappa shape index (κ2) is 7.63. The Kier molecular flexibility index (Phi) is 4.83. The average molecular weight is 381 g/mol. The first kappa shape index (κ1) is 18.4. The molecule has 0 aliphatic heterocycles. The van der Waals surface area contributed by atoms with E-state index in [1.54, 1.807) is 0 Å². The molecule has 3 aromatic carbocycles. The van der Waals surface area contributed by atoms with Crippen molar-refractivity contribution < 1.29 is 4.79 Å². The summed E-state index contributed by atoms with van der Waals surface area (Å²) >= 11 is 0. The van der Waals surface area contributed by atoms with Crippen LogP contribution in [0, 0.1) is 5.92 Å². The SMILES string of the molecule is CCCC(=O)C1C=C(c2ccc3c(c2)CCC3)CC1c1ccc2ccccc2c1. The average Bonchev–Trinajstić information content (AvgIpc) is 3.40. The zero-order chi connectivity index (χ0) is 19.8. The van der Waals surface area contributed by atoms with Crippen molar-refractivity contribution in [3.63, 3.8) is 0 Å². The quantitative estimate of drug-likeness (QED) is 0.471. The minimum atomic E-state index is -0.000586. The van der Waals surface area contributed by atoms with E-state index < -0.39 is 0 Å². The minimum Gasteiger partial charge on any atom is -0.299 e. The highest BCUT2D eigenvalue weighted by Crippen LogP contribution is 2.44. The van der Waals surface area contributed by atoms with Crippen molar-refractivity contribution in [2.75, 3.05) is 0 Å². The summed E-state index contributed by atoms with van der Waals surface area (Å²) in [5.74, 6) is 0.642. The third kappa shape index (κ3) is 3.44. The number of fused-ring (bicyclic) bond motifs is 2. The lowest BCUT2D eigenvalue weighted by Gasteiger charge is -2.19. The predicted molar refractivity (Wildman–Crippen MR) is 121 cm³/mol. The number of Topliss-reactive ketones (excluding diaryl/α,β-unsaturated/α-hetero) is 1. The lowest BCUT2D eigenvalue weighted by molar-refractivity contribution is -0.121. The summed E-state index contributed by atoms with van der Waals surface area (Å²) in [5.41, 5.74) is 6.99. The fourth-order valence-electron chi connectivity index (χ4n) is 5.24. The second-order valence-corrected chi connectivity index (χ2v) is 8.69. The van der Waals surface area contributed by atoms with Crippen LogP contribution in [0.5, 0.6) is 0 Å². The molecular weight excluding hydrogens is 352 g/mol. The molecule has 0 bridgehead atoms. The highest BCUT2D eigenvalue weighted by Gasteiger charge is 2.34. The van der Waals surface area contributed by atoms with E-state index in [1.807, 2.05) is 0 Å². The van der Waals surface area contributed by atoms with E-state index in [1.165, 1.54) is 57.9 Å². The summed E-state index contributed by atoms with van der Waals surface area (Å²) in [7, 11) is 0. The summed E-state index contributed by atoms with van der Waals surface area (Å²) in [6.07, 6.45) is 8.51. The molecule has 29 heavy (non-hydrogen) atoms. The van der Waals surface area contributed by atoms with Crippen LogP contribution in [0.15, 0.2) is 66.7 Å². The van der Waals surface area contributed by atoms with Crippen LogP contribution >= 0.6 is 0 Å². The lowest BCUT2D eigenvalue weighted by Crippen LogP contribution is -2.17. The van der Waals surface area contributed by atoms with Gasteiger partial charge in [0.2, 0.25) is 0 Å². The minimum absolute atomic E-state index is 0.000586. The molecule has 146 valence electrons. The molecule has 0 saturated heterocycles. The third-order valence-corrected chi connectivity index (χ3v) is 6.79. The first-order valence-corrected chi connectivity index (χ1v) is 11.1. The molecule has 1 nitrogen and oxygen atoms in total. The van der Waals surface area contributed by atoms with Gasteiger partial charge in [0.1, 0.15) is 5.78 Å². The van der Waals surface area contributed by atoms with Gasteiger partial charge in [-0.3, -0.25) is 4.79 Å². The molecule has 2 aliphatic rings. The van der Waals surface area contributed by atoms with Crippen molar-refractivity contribution in [1.82, 2.24) is 0 Å². The van der Waals surface area contributed by atoms with Crippen LogP contribution in [-0.4, -0.2) is 5.78 Å². The summed E-state index contributed by atoms with van der Waals surface area (Å²) in [6, 6.07) is 22.2. The van der Waals surface area contributed by atoms with Crippen LogP contribution in [0.3, 0.4) is 0 Å². The van der Waals surface area contributed by atoms with E-state index in [-0.39, 0.29) is 11.8 Å². The summed E-state index contributed by atoms with van der Waals surface area (Å²) in [6.45, 7) is 2.10. The van der Waals surface area contributed by atoms with Crippen LogP contribution in [0.25, 0.3) is 16.3 Å². The number of hydrogen-bond acceptors (Lipinski definition) is 1. The Bertz CT molecular complexity index is 1100. The van der Waals surface area contributed by atoms with Crippen molar-refractivity contribution >= 4 is 22.1 Å². The zero-order valence-corrected chi connectivity index (χ0v) is 17.2. The van der Waals surface area contributed by atoms with Crippen LogP contribution in [0.4, 0.5) is 0 Å². The number of aryl methyl sites for hydroxylation is 2. The number of allylic oxidation sites excluding steroid dienone is 2. The second-order valence-electron chi connectivity index (χ2n) is 8.69. The topological polar surface area (TPSA) is 17.1 Å². The molecular formula is C28H28O. The van der Waals surface area contributed by atoms with Gasteiger partial charge in [-0.25, -0.2) is 0 Å². The maximum Gasteiger partial charge on any atom is 0.140 e. The Morgan fingerprint density at radius 2 is 1.76 bits per heavy atom. The molecule has 1 heteroatoms. The first-order chi connectivity index (χ1) is 14.2. The molecule has 0 amide bonds. The zero-order valence-electron chi connectivity index (χ0n) is 17.2. The van der Waals surface area contributed by atoms with E-state index in [0.29, 0.717) is 12.2 Å². The molecule has 0 saturated carbocycles. The molecule has 0 fully saturated rings. The van der Waals surface area contributed by atoms with Gasteiger partial charge >= 0.3 is 0 Å². The van der Waals surface area contributed by atoms with Gasteiger partial charge in [0, 0.05) is 18.3 Å². The van der Waals surface area contributed by atoms with Crippen LogP contribution < -0.4 is 0 Å². The van der Waals surface area contributed by atoms with Gasteiger partial charge < -0.3 is 0 Å². The maximum atomic E-state index is 13.0. The first-order valence-electron chi connectivity index (χ1n) is 11.1. The van der Waals surface area contributed by atoms with Crippen LogP contribution in [0.1, 0.15) is 60.8 Å².